The third kappa shape index (κ3) is 4.55. The Bertz CT molecular complexity index is 364. The second-order valence-electron chi connectivity index (χ2n) is 5.06. The molecule has 1 aromatic carbocycles. The van der Waals surface area contributed by atoms with Gasteiger partial charge in [-0.25, -0.2) is 0 Å². The van der Waals surface area contributed by atoms with Crippen LogP contribution in [0.25, 0.3) is 0 Å². The zero-order valence-electron chi connectivity index (χ0n) is 11.1. The third-order valence-corrected chi connectivity index (χ3v) is 3.50. The Morgan fingerprint density at radius 2 is 2.00 bits per heavy atom. The first-order valence-corrected chi connectivity index (χ1v) is 6.93. The van der Waals surface area contributed by atoms with Crippen molar-refractivity contribution in [1.29, 1.82) is 0 Å². The van der Waals surface area contributed by atoms with Crippen LogP contribution in [0.15, 0.2) is 30.3 Å². The van der Waals surface area contributed by atoms with Gasteiger partial charge in [0.05, 0.1) is 0 Å². The van der Waals surface area contributed by atoms with E-state index in [0.717, 1.165) is 19.4 Å². The molecule has 0 aliphatic carbocycles. The monoisotopic (exact) mass is 269 g/mol. The van der Waals surface area contributed by atoms with Gasteiger partial charge in [-0.1, -0.05) is 36.8 Å². The summed E-state index contributed by atoms with van der Waals surface area (Å²) in [6, 6.07) is 8.27. The predicted molar refractivity (Wildman–Crippen MR) is 71.4 cm³/mol. The number of nitrogens with one attached hydrogen (secondary N) is 1. The van der Waals surface area contributed by atoms with E-state index in [1.165, 1.54) is 25.0 Å². The lowest BCUT2D eigenvalue weighted by molar-refractivity contribution is -0.0839. The molecule has 0 bridgehead atoms. The van der Waals surface area contributed by atoms with Crippen LogP contribution in [-0.4, -0.2) is 25.8 Å². The molecule has 2 nitrogen and oxygen atoms in total. The highest BCUT2D eigenvalue weighted by atomic mass is 19.3. The van der Waals surface area contributed by atoms with Crippen molar-refractivity contribution in [2.24, 2.45) is 0 Å². The second-order valence-corrected chi connectivity index (χ2v) is 5.06. The van der Waals surface area contributed by atoms with Gasteiger partial charge in [-0.3, -0.25) is 0 Å². The highest BCUT2D eigenvalue weighted by Crippen LogP contribution is 2.27. The fourth-order valence-corrected chi connectivity index (χ4v) is 2.36. The molecule has 1 saturated heterocycles. The van der Waals surface area contributed by atoms with Gasteiger partial charge in [0.15, 0.2) is 0 Å². The lowest BCUT2D eigenvalue weighted by atomic mass is 10.0. The summed E-state index contributed by atoms with van der Waals surface area (Å²) in [5.74, 6) is -2.90. The normalized spacial score (nSPS) is 20.4. The van der Waals surface area contributed by atoms with Crippen LogP contribution in [0.3, 0.4) is 0 Å². The molecule has 0 radical (unpaired) electrons. The summed E-state index contributed by atoms with van der Waals surface area (Å²) in [6.45, 7) is 0.884. The topological polar surface area (TPSA) is 21.3 Å². The molecule has 1 aliphatic rings. The molecule has 19 heavy (non-hydrogen) atoms. The van der Waals surface area contributed by atoms with E-state index in [-0.39, 0.29) is 5.56 Å². The van der Waals surface area contributed by atoms with Crippen LogP contribution in [0.5, 0.6) is 0 Å². The van der Waals surface area contributed by atoms with Crippen molar-refractivity contribution in [3.8, 4) is 0 Å². The maximum Gasteiger partial charge on any atom is 0.296 e. The molecule has 0 aromatic heterocycles. The number of halogens is 2. The number of hydrogen-bond acceptors (Lipinski definition) is 2. The Kier molecular flexibility index (Phi) is 5.28. The molecular weight excluding hydrogens is 248 g/mol. The van der Waals surface area contributed by atoms with E-state index in [1.807, 2.05) is 0 Å². The SMILES string of the molecule is FC(F)(COCCC1CCCCN1)c1ccccc1. The molecule has 106 valence electrons. The lowest BCUT2D eigenvalue weighted by Crippen LogP contribution is -2.35. The van der Waals surface area contributed by atoms with Crippen LogP contribution in [0.2, 0.25) is 0 Å². The lowest BCUT2D eigenvalue weighted by Gasteiger charge is -2.24. The molecular formula is C15H21F2NO. The van der Waals surface area contributed by atoms with Gasteiger partial charge in [-0.2, -0.15) is 8.78 Å². The molecule has 0 amide bonds. The van der Waals surface area contributed by atoms with Crippen molar-refractivity contribution in [3.63, 3.8) is 0 Å². The van der Waals surface area contributed by atoms with Gasteiger partial charge >= 0.3 is 0 Å². The van der Waals surface area contributed by atoms with Gasteiger partial charge < -0.3 is 10.1 Å². The smallest absolute Gasteiger partial charge is 0.296 e. The van der Waals surface area contributed by atoms with E-state index in [4.69, 9.17) is 4.74 Å². The molecule has 1 atom stereocenters. The minimum absolute atomic E-state index is 0.0193. The molecule has 2 rings (SSSR count). The molecule has 4 heteroatoms. The van der Waals surface area contributed by atoms with E-state index >= 15 is 0 Å². The van der Waals surface area contributed by atoms with Gasteiger partial charge in [0.1, 0.15) is 6.61 Å². The van der Waals surface area contributed by atoms with E-state index < -0.39 is 12.5 Å². The van der Waals surface area contributed by atoms with Gasteiger partial charge in [-0.05, 0) is 25.8 Å². The number of benzene rings is 1. The maximum atomic E-state index is 13.8. The van der Waals surface area contributed by atoms with E-state index in [0.29, 0.717) is 12.6 Å². The minimum Gasteiger partial charge on any atom is -0.375 e. The van der Waals surface area contributed by atoms with Crippen LogP contribution < -0.4 is 5.32 Å². The zero-order valence-corrected chi connectivity index (χ0v) is 11.1. The molecule has 0 saturated carbocycles. The first-order chi connectivity index (χ1) is 9.18. The molecule has 1 N–H and O–H groups in total. The van der Waals surface area contributed by atoms with Gasteiger partial charge in [0.2, 0.25) is 0 Å². The van der Waals surface area contributed by atoms with E-state index in [9.17, 15) is 8.78 Å². The summed E-state index contributed by atoms with van der Waals surface area (Å²) in [4.78, 5) is 0. The van der Waals surface area contributed by atoms with Crippen LogP contribution in [-0.2, 0) is 10.7 Å². The van der Waals surface area contributed by atoms with Crippen molar-refractivity contribution in [2.45, 2.75) is 37.6 Å². The molecule has 1 aromatic rings. The van der Waals surface area contributed by atoms with Gasteiger partial charge in [-0.15, -0.1) is 0 Å². The highest BCUT2D eigenvalue weighted by molar-refractivity contribution is 5.19. The maximum absolute atomic E-state index is 13.8. The van der Waals surface area contributed by atoms with E-state index in [2.05, 4.69) is 5.32 Å². The quantitative estimate of drug-likeness (QED) is 0.800. The Balaban J connectivity index is 1.69. The predicted octanol–water partition coefficient (Wildman–Crippen LogP) is 3.33. The molecule has 1 heterocycles. The van der Waals surface area contributed by atoms with Crippen LogP contribution in [0, 0.1) is 0 Å². The number of piperidine rings is 1. The standard InChI is InChI=1S/C15H21F2NO/c16-15(17,13-6-2-1-3-7-13)12-19-11-9-14-8-4-5-10-18-14/h1-3,6-7,14,18H,4-5,8-12H2. The average molecular weight is 269 g/mol. The van der Waals surface area contributed by atoms with Crippen molar-refractivity contribution in [1.82, 2.24) is 5.32 Å². The number of alkyl halides is 2. The molecule has 1 fully saturated rings. The highest BCUT2D eigenvalue weighted by Gasteiger charge is 2.31. The Morgan fingerprint density at radius 3 is 2.68 bits per heavy atom. The summed E-state index contributed by atoms with van der Waals surface area (Å²) in [5.41, 5.74) is 0.0193. The summed E-state index contributed by atoms with van der Waals surface area (Å²) >= 11 is 0. The third-order valence-electron chi connectivity index (χ3n) is 3.50. The van der Waals surface area contributed by atoms with Gasteiger partial charge in [0.25, 0.3) is 5.92 Å². The summed E-state index contributed by atoms with van der Waals surface area (Å²) < 4.78 is 32.7. The largest absolute Gasteiger partial charge is 0.375 e. The number of ether oxygens (including phenoxy) is 1. The molecule has 1 aliphatic heterocycles. The Morgan fingerprint density at radius 1 is 1.21 bits per heavy atom. The first-order valence-electron chi connectivity index (χ1n) is 6.93. The summed E-state index contributed by atoms with van der Waals surface area (Å²) in [7, 11) is 0. The van der Waals surface area contributed by atoms with Crippen molar-refractivity contribution in [3.05, 3.63) is 35.9 Å². The van der Waals surface area contributed by atoms with Crippen LogP contribution in [0.4, 0.5) is 8.78 Å². The van der Waals surface area contributed by atoms with Crippen LogP contribution in [0.1, 0.15) is 31.2 Å². The Labute approximate surface area is 113 Å². The van der Waals surface area contributed by atoms with Crippen molar-refractivity contribution >= 4 is 0 Å². The second kappa shape index (κ2) is 6.96. The van der Waals surface area contributed by atoms with Gasteiger partial charge in [0, 0.05) is 18.2 Å². The van der Waals surface area contributed by atoms with Crippen LogP contribution >= 0.6 is 0 Å². The zero-order chi connectivity index (χ0) is 13.6. The number of rotatable bonds is 6. The molecule has 0 spiro atoms. The van der Waals surface area contributed by atoms with Crippen molar-refractivity contribution in [2.75, 3.05) is 19.8 Å². The fourth-order valence-electron chi connectivity index (χ4n) is 2.36. The average Bonchev–Trinajstić information content (AvgIpc) is 2.46. The van der Waals surface area contributed by atoms with E-state index in [1.54, 1.807) is 18.2 Å². The minimum atomic E-state index is -2.90. The fraction of sp³-hybridized carbons (Fsp3) is 0.600. The summed E-state index contributed by atoms with van der Waals surface area (Å²) in [6.07, 6.45) is 4.37. The number of hydrogen-bond donors (Lipinski definition) is 1. The Hall–Kier alpha value is -1.00. The molecule has 1 unspecified atom stereocenters. The first kappa shape index (κ1) is 14.4. The van der Waals surface area contributed by atoms with Crippen molar-refractivity contribution < 1.29 is 13.5 Å². The summed E-state index contributed by atoms with van der Waals surface area (Å²) in [5, 5.41) is 3.38.